The highest BCUT2D eigenvalue weighted by Crippen LogP contribution is 2.40. The second-order valence-corrected chi connectivity index (χ2v) is 6.28. The molecule has 1 heterocycles. The lowest BCUT2D eigenvalue weighted by Gasteiger charge is -2.27. The fourth-order valence-electron chi connectivity index (χ4n) is 3.07. The van der Waals surface area contributed by atoms with Crippen molar-refractivity contribution in [1.29, 1.82) is 0 Å². The average Bonchev–Trinajstić information content (AvgIpc) is 3.43. The van der Waals surface area contributed by atoms with Gasteiger partial charge >= 0.3 is 0 Å². The normalized spacial score (nSPS) is 22.8. The lowest BCUT2D eigenvalue weighted by Crippen LogP contribution is -2.42. The summed E-state index contributed by atoms with van der Waals surface area (Å²) in [6.45, 7) is 3.03. The van der Waals surface area contributed by atoms with Crippen LogP contribution in [-0.4, -0.2) is 56.7 Å². The quantitative estimate of drug-likeness (QED) is 0.839. The number of carbonyl (C=O) groups excluding carboxylic acids is 2. The zero-order chi connectivity index (χ0) is 16.9. The van der Waals surface area contributed by atoms with Gasteiger partial charge in [-0.25, -0.2) is 0 Å². The number of hydrogen-bond acceptors (Lipinski definition) is 4. The van der Waals surface area contributed by atoms with Crippen molar-refractivity contribution in [2.24, 2.45) is 11.8 Å². The van der Waals surface area contributed by atoms with Crippen LogP contribution in [0.25, 0.3) is 0 Å². The average molecular weight is 332 g/mol. The van der Waals surface area contributed by atoms with E-state index in [1.54, 1.807) is 7.11 Å². The number of amides is 2. The molecule has 6 nitrogen and oxygen atoms in total. The van der Waals surface area contributed by atoms with Gasteiger partial charge in [0.05, 0.1) is 32.2 Å². The standard InChI is InChI=1S/C18H24N2O4/c1-23-14-4-2-3-13(11-14)5-6-19-17(21)15-12-16(15)18(22)20-7-9-24-10-8-20/h2-4,11,15-16H,5-10,12H2,1H3,(H,19,21). The van der Waals surface area contributed by atoms with E-state index in [1.807, 2.05) is 29.2 Å². The number of morpholine rings is 1. The van der Waals surface area contributed by atoms with Crippen molar-refractivity contribution in [2.75, 3.05) is 40.0 Å². The maximum Gasteiger partial charge on any atom is 0.226 e. The molecule has 1 saturated carbocycles. The van der Waals surface area contributed by atoms with Crippen LogP contribution in [0.1, 0.15) is 12.0 Å². The summed E-state index contributed by atoms with van der Waals surface area (Å²) in [5.41, 5.74) is 1.12. The van der Waals surface area contributed by atoms with Gasteiger partial charge in [0.15, 0.2) is 0 Å². The van der Waals surface area contributed by atoms with E-state index in [0.717, 1.165) is 17.7 Å². The van der Waals surface area contributed by atoms with Gasteiger partial charge in [0.1, 0.15) is 5.75 Å². The molecule has 2 aliphatic rings. The van der Waals surface area contributed by atoms with E-state index in [1.165, 1.54) is 0 Å². The number of rotatable bonds is 6. The van der Waals surface area contributed by atoms with Crippen LogP contribution in [0.3, 0.4) is 0 Å². The summed E-state index contributed by atoms with van der Waals surface area (Å²) in [7, 11) is 1.64. The lowest BCUT2D eigenvalue weighted by molar-refractivity contribution is -0.138. The third kappa shape index (κ3) is 4.06. The largest absolute Gasteiger partial charge is 0.497 e. The van der Waals surface area contributed by atoms with Crippen molar-refractivity contribution in [3.8, 4) is 5.75 Å². The smallest absolute Gasteiger partial charge is 0.226 e. The van der Waals surface area contributed by atoms with Gasteiger partial charge in [-0.1, -0.05) is 12.1 Å². The number of nitrogens with zero attached hydrogens (tertiary/aromatic N) is 1. The number of carbonyl (C=O) groups is 2. The van der Waals surface area contributed by atoms with Gasteiger partial charge in [-0.05, 0) is 30.5 Å². The van der Waals surface area contributed by atoms with E-state index in [0.29, 0.717) is 39.3 Å². The minimum Gasteiger partial charge on any atom is -0.497 e. The number of hydrogen-bond donors (Lipinski definition) is 1. The molecule has 130 valence electrons. The van der Waals surface area contributed by atoms with Gasteiger partial charge in [0, 0.05) is 19.6 Å². The summed E-state index contributed by atoms with van der Waals surface area (Å²) in [6, 6.07) is 7.81. The van der Waals surface area contributed by atoms with Crippen molar-refractivity contribution >= 4 is 11.8 Å². The molecule has 3 rings (SSSR count). The first-order valence-corrected chi connectivity index (χ1v) is 8.46. The number of methoxy groups -OCH3 is 1. The molecule has 1 N–H and O–H groups in total. The predicted octanol–water partition coefficient (Wildman–Crippen LogP) is 0.849. The van der Waals surface area contributed by atoms with E-state index < -0.39 is 0 Å². The highest BCUT2D eigenvalue weighted by Gasteiger charge is 2.49. The van der Waals surface area contributed by atoms with Crippen LogP contribution in [0.5, 0.6) is 5.75 Å². The van der Waals surface area contributed by atoms with Gasteiger partial charge in [-0.15, -0.1) is 0 Å². The first kappa shape index (κ1) is 16.8. The van der Waals surface area contributed by atoms with Gasteiger partial charge < -0.3 is 19.7 Å². The second kappa shape index (κ2) is 7.66. The van der Waals surface area contributed by atoms with E-state index in [9.17, 15) is 9.59 Å². The van der Waals surface area contributed by atoms with Crippen molar-refractivity contribution in [2.45, 2.75) is 12.8 Å². The molecule has 2 amide bonds. The van der Waals surface area contributed by atoms with Crippen LogP contribution in [0.4, 0.5) is 0 Å². The fraction of sp³-hybridized carbons (Fsp3) is 0.556. The molecule has 0 radical (unpaired) electrons. The summed E-state index contributed by atoms with van der Waals surface area (Å²) in [5.74, 6) is 0.610. The highest BCUT2D eigenvalue weighted by molar-refractivity contribution is 5.92. The van der Waals surface area contributed by atoms with Crippen LogP contribution >= 0.6 is 0 Å². The van der Waals surface area contributed by atoms with Crippen LogP contribution in [0, 0.1) is 11.8 Å². The van der Waals surface area contributed by atoms with Crippen LogP contribution in [-0.2, 0) is 20.7 Å². The summed E-state index contributed by atoms with van der Waals surface area (Å²) >= 11 is 0. The van der Waals surface area contributed by atoms with Gasteiger partial charge in [0.2, 0.25) is 11.8 Å². The predicted molar refractivity (Wildman–Crippen MR) is 88.7 cm³/mol. The Balaban J connectivity index is 1.40. The summed E-state index contributed by atoms with van der Waals surface area (Å²) in [5, 5.41) is 2.94. The van der Waals surface area contributed by atoms with E-state index in [2.05, 4.69) is 5.32 Å². The Morgan fingerprint density at radius 2 is 2.08 bits per heavy atom. The SMILES string of the molecule is COc1cccc(CCNC(=O)C2CC2C(=O)N2CCOCC2)c1. The zero-order valence-corrected chi connectivity index (χ0v) is 14.0. The first-order chi connectivity index (χ1) is 11.7. The third-order valence-electron chi connectivity index (χ3n) is 4.61. The number of benzene rings is 1. The molecule has 2 atom stereocenters. The van der Waals surface area contributed by atoms with Gasteiger partial charge in [0.25, 0.3) is 0 Å². The molecule has 0 spiro atoms. The maximum absolute atomic E-state index is 12.3. The Morgan fingerprint density at radius 3 is 2.83 bits per heavy atom. The van der Waals surface area contributed by atoms with E-state index >= 15 is 0 Å². The molecule has 1 aromatic carbocycles. The van der Waals surface area contributed by atoms with E-state index in [-0.39, 0.29) is 23.7 Å². The summed E-state index contributed by atoms with van der Waals surface area (Å²) in [4.78, 5) is 26.3. The molecule has 0 bridgehead atoms. The molecule has 1 saturated heterocycles. The number of ether oxygens (including phenoxy) is 2. The van der Waals surface area contributed by atoms with Crippen molar-refractivity contribution < 1.29 is 19.1 Å². The Kier molecular flexibility index (Phi) is 5.35. The van der Waals surface area contributed by atoms with Gasteiger partial charge in [-0.3, -0.25) is 9.59 Å². The van der Waals surface area contributed by atoms with E-state index in [4.69, 9.17) is 9.47 Å². The zero-order valence-electron chi connectivity index (χ0n) is 14.0. The highest BCUT2D eigenvalue weighted by atomic mass is 16.5. The molecule has 2 unspecified atom stereocenters. The van der Waals surface area contributed by atoms with Gasteiger partial charge in [-0.2, -0.15) is 0 Å². The fourth-order valence-corrected chi connectivity index (χ4v) is 3.07. The molecule has 6 heteroatoms. The third-order valence-corrected chi connectivity index (χ3v) is 4.61. The summed E-state index contributed by atoms with van der Waals surface area (Å²) < 4.78 is 10.4. The minimum atomic E-state index is -0.161. The Labute approximate surface area is 142 Å². The summed E-state index contributed by atoms with van der Waals surface area (Å²) in [6.07, 6.45) is 1.42. The van der Waals surface area contributed by atoms with Crippen LogP contribution in [0.15, 0.2) is 24.3 Å². The topological polar surface area (TPSA) is 67.9 Å². The number of nitrogens with one attached hydrogen (secondary N) is 1. The monoisotopic (exact) mass is 332 g/mol. The lowest BCUT2D eigenvalue weighted by atomic mass is 10.1. The molecule has 1 aliphatic carbocycles. The molecular weight excluding hydrogens is 308 g/mol. The Morgan fingerprint density at radius 1 is 1.29 bits per heavy atom. The molecule has 0 aromatic heterocycles. The first-order valence-electron chi connectivity index (χ1n) is 8.46. The Bertz CT molecular complexity index is 598. The second-order valence-electron chi connectivity index (χ2n) is 6.28. The Hall–Kier alpha value is -2.08. The molecule has 1 aromatic rings. The van der Waals surface area contributed by atoms with Crippen LogP contribution < -0.4 is 10.1 Å². The van der Waals surface area contributed by atoms with Crippen LogP contribution in [0.2, 0.25) is 0 Å². The molecule has 1 aliphatic heterocycles. The molecular formula is C18H24N2O4. The van der Waals surface area contributed by atoms with Crippen molar-refractivity contribution in [3.63, 3.8) is 0 Å². The maximum atomic E-state index is 12.3. The molecule has 2 fully saturated rings. The minimum absolute atomic E-state index is 0.00972. The van der Waals surface area contributed by atoms with Crippen molar-refractivity contribution in [1.82, 2.24) is 10.2 Å². The van der Waals surface area contributed by atoms with Crippen molar-refractivity contribution in [3.05, 3.63) is 29.8 Å². The molecule has 24 heavy (non-hydrogen) atoms.